The molecule has 106 valence electrons. The molecule has 1 heterocycles. The van der Waals surface area contributed by atoms with E-state index in [1.807, 2.05) is 0 Å². The van der Waals surface area contributed by atoms with Crippen molar-refractivity contribution in [1.29, 1.82) is 0 Å². The largest absolute Gasteiger partial charge is 0.465 e. The SMILES string of the molecule is CCC[C@@H](CC)Nc1nc(Cl)nc(C)c1C(=O)OC. The number of halogens is 1. The van der Waals surface area contributed by atoms with Gasteiger partial charge in [0.25, 0.3) is 0 Å². The Morgan fingerprint density at radius 3 is 2.63 bits per heavy atom. The lowest BCUT2D eigenvalue weighted by molar-refractivity contribution is 0.0600. The number of nitrogens with zero attached hydrogens (tertiary/aromatic N) is 2. The molecule has 0 bridgehead atoms. The molecule has 0 aliphatic heterocycles. The average Bonchev–Trinajstić information content (AvgIpc) is 2.36. The van der Waals surface area contributed by atoms with E-state index in [-0.39, 0.29) is 11.3 Å². The molecule has 0 aliphatic carbocycles. The van der Waals surface area contributed by atoms with E-state index in [2.05, 4.69) is 29.1 Å². The van der Waals surface area contributed by atoms with Gasteiger partial charge in [-0.3, -0.25) is 0 Å². The molecule has 1 aromatic heterocycles. The second-order valence-electron chi connectivity index (χ2n) is 4.33. The highest BCUT2D eigenvalue weighted by atomic mass is 35.5. The van der Waals surface area contributed by atoms with Gasteiger partial charge in [0.15, 0.2) is 0 Å². The summed E-state index contributed by atoms with van der Waals surface area (Å²) >= 11 is 5.86. The fourth-order valence-electron chi connectivity index (χ4n) is 1.91. The molecule has 0 saturated heterocycles. The molecule has 19 heavy (non-hydrogen) atoms. The van der Waals surface area contributed by atoms with Crippen LogP contribution in [0.3, 0.4) is 0 Å². The predicted molar refractivity (Wildman–Crippen MR) is 75.7 cm³/mol. The van der Waals surface area contributed by atoms with Crippen LogP contribution >= 0.6 is 11.6 Å². The Morgan fingerprint density at radius 2 is 2.11 bits per heavy atom. The van der Waals surface area contributed by atoms with Gasteiger partial charge in [0, 0.05) is 6.04 Å². The van der Waals surface area contributed by atoms with E-state index < -0.39 is 5.97 Å². The zero-order valence-corrected chi connectivity index (χ0v) is 12.5. The maximum Gasteiger partial charge on any atom is 0.343 e. The summed E-state index contributed by atoms with van der Waals surface area (Å²) in [5.74, 6) is -0.00679. The van der Waals surface area contributed by atoms with Crippen molar-refractivity contribution in [2.75, 3.05) is 12.4 Å². The molecule has 1 rings (SSSR count). The molecule has 1 atom stereocenters. The van der Waals surface area contributed by atoms with E-state index in [9.17, 15) is 4.79 Å². The summed E-state index contributed by atoms with van der Waals surface area (Å²) in [6, 6.07) is 0.249. The maximum atomic E-state index is 11.8. The second kappa shape index (κ2) is 7.28. The van der Waals surface area contributed by atoms with Gasteiger partial charge in [0.05, 0.1) is 12.8 Å². The van der Waals surface area contributed by atoms with Crippen molar-refractivity contribution in [3.05, 3.63) is 16.5 Å². The molecule has 0 spiro atoms. The van der Waals surface area contributed by atoms with Gasteiger partial charge in [0.1, 0.15) is 11.4 Å². The van der Waals surface area contributed by atoms with Crippen LogP contribution in [0.25, 0.3) is 0 Å². The third kappa shape index (κ3) is 4.06. The fraction of sp³-hybridized carbons (Fsp3) is 0.615. The normalized spacial score (nSPS) is 12.1. The first-order valence-electron chi connectivity index (χ1n) is 6.42. The Morgan fingerprint density at radius 1 is 1.42 bits per heavy atom. The molecular formula is C13H20ClN3O2. The predicted octanol–water partition coefficient (Wildman–Crippen LogP) is 3.22. The summed E-state index contributed by atoms with van der Waals surface area (Å²) in [5.41, 5.74) is 0.863. The van der Waals surface area contributed by atoms with Crippen LogP contribution in [-0.4, -0.2) is 29.1 Å². The Labute approximate surface area is 118 Å². The zero-order valence-electron chi connectivity index (χ0n) is 11.8. The molecule has 1 aromatic rings. The maximum absolute atomic E-state index is 11.8. The molecule has 0 unspecified atom stereocenters. The number of esters is 1. The summed E-state index contributed by atoms with van der Waals surface area (Å²) < 4.78 is 4.77. The lowest BCUT2D eigenvalue weighted by Crippen LogP contribution is -2.22. The third-order valence-electron chi connectivity index (χ3n) is 2.92. The molecule has 5 nitrogen and oxygen atoms in total. The number of aryl methyl sites for hydroxylation is 1. The summed E-state index contributed by atoms with van der Waals surface area (Å²) in [5, 5.41) is 3.38. The Kier molecular flexibility index (Phi) is 6.02. The summed E-state index contributed by atoms with van der Waals surface area (Å²) in [6.45, 7) is 5.91. The number of rotatable bonds is 6. The fourth-order valence-corrected chi connectivity index (χ4v) is 2.12. The van der Waals surface area contributed by atoms with E-state index in [0.29, 0.717) is 17.1 Å². The van der Waals surface area contributed by atoms with Crippen molar-refractivity contribution in [1.82, 2.24) is 9.97 Å². The second-order valence-corrected chi connectivity index (χ2v) is 4.67. The van der Waals surface area contributed by atoms with Gasteiger partial charge < -0.3 is 10.1 Å². The van der Waals surface area contributed by atoms with Crippen molar-refractivity contribution < 1.29 is 9.53 Å². The van der Waals surface area contributed by atoms with Crippen LogP contribution in [0, 0.1) is 6.92 Å². The van der Waals surface area contributed by atoms with Gasteiger partial charge >= 0.3 is 5.97 Å². The van der Waals surface area contributed by atoms with Gasteiger partial charge in [-0.15, -0.1) is 0 Å². The molecule has 0 amide bonds. The number of methoxy groups -OCH3 is 1. The first kappa shape index (κ1) is 15.7. The van der Waals surface area contributed by atoms with Crippen molar-refractivity contribution in [3.8, 4) is 0 Å². The molecule has 0 aromatic carbocycles. The highest BCUT2D eigenvalue weighted by Gasteiger charge is 2.20. The van der Waals surface area contributed by atoms with Gasteiger partial charge in [-0.05, 0) is 31.4 Å². The number of ether oxygens (including phenoxy) is 1. The third-order valence-corrected chi connectivity index (χ3v) is 3.09. The van der Waals surface area contributed by atoms with Gasteiger partial charge in [-0.2, -0.15) is 4.98 Å². The van der Waals surface area contributed by atoms with Crippen LogP contribution in [0.15, 0.2) is 0 Å². The van der Waals surface area contributed by atoms with E-state index >= 15 is 0 Å². The molecule has 0 saturated carbocycles. The van der Waals surface area contributed by atoms with Crippen LogP contribution in [0.1, 0.15) is 49.2 Å². The number of hydrogen-bond donors (Lipinski definition) is 1. The minimum absolute atomic E-state index is 0.124. The minimum atomic E-state index is -0.456. The summed E-state index contributed by atoms with van der Waals surface area (Å²) in [4.78, 5) is 19.9. The molecule has 1 N–H and O–H groups in total. The number of aromatic nitrogens is 2. The quantitative estimate of drug-likeness (QED) is 0.642. The van der Waals surface area contributed by atoms with E-state index in [4.69, 9.17) is 16.3 Å². The number of hydrogen-bond acceptors (Lipinski definition) is 5. The van der Waals surface area contributed by atoms with E-state index in [0.717, 1.165) is 19.3 Å². The topological polar surface area (TPSA) is 64.1 Å². The van der Waals surface area contributed by atoms with Crippen LogP contribution in [0.2, 0.25) is 5.28 Å². The van der Waals surface area contributed by atoms with E-state index in [1.165, 1.54) is 7.11 Å². The van der Waals surface area contributed by atoms with Crippen LogP contribution < -0.4 is 5.32 Å². The zero-order chi connectivity index (χ0) is 14.4. The smallest absolute Gasteiger partial charge is 0.343 e. The Balaban J connectivity index is 3.13. The highest BCUT2D eigenvalue weighted by molar-refractivity contribution is 6.28. The molecule has 0 fully saturated rings. The van der Waals surface area contributed by atoms with Crippen LogP contribution in [0.4, 0.5) is 5.82 Å². The lowest BCUT2D eigenvalue weighted by Gasteiger charge is -2.19. The van der Waals surface area contributed by atoms with Crippen LogP contribution in [0.5, 0.6) is 0 Å². The monoisotopic (exact) mass is 285 g/mol. The molecule has 6 heteroatoms. The minimum Gasteiger partial charge on any atom is -0.465 e. The number of anilines is 1. The van der Waals surface area contributed by atoms with Crippen molar-refractivity contribution in [3.63, 3.8) is 0 Å². The number of carbonyl (C=O) groups is 1. The Bertz CT molecular complexity index is 452. The van der Waals surface area contributed by atoms with Crippen LogP contribution in [-0.2, 0) is 4.74 Å². The molecule has 0 aliphatic rings. The molecule has 0 radical (unpaired) electrons. The van der Waals surface area contributed by atoms with Crippen molar-refractivity contribution in [2.24, 2.45) is 0 Å². The van der Waals surface area contributed by atoms with Gasteiger partial charge in [-0.25, -0.2) is 9.78 Å². The summed E-state index contributed by atoms with van der Waals surface area (Å²) in [6.07, 6.45) is 2.99. The van der Waals surface area contributed by atoms with Gasteiger partial charge in [-0.1, -0.05) is 20.3 Å². The number of nitrogens with one attached hydrogen (secondary N) is 1. The van der Waals surface area contributed by atoms with Crippen molar-refractivity contribution in [2.45, 2.75) is 46.1 Å². The van der Waals surface area contributed by atoms with Crippen molar-refractivity contribution >= 4 is 23.4 Å². The number of carbonyl (C=O) groups excluding carboxylic acids is 1. The Hall–Kier alpha value is -1.36. The van der Waals surface area contributed by atoms with Gasteiger partial charge in [0.2, 0.25) is 5.28 Å². The summed E-state index contributed by atoms with van der Waals surface area (Å²) in [7, 11) is 1.34. The lowest BCUT2D eigenvalue weighted by atomic mass is 10.1. The first-order chi connectivity index (χ1) is 9.03. The van der Waals surface area contributed by atoms with E-state index in [1.54, 1.807) is 6.92 Å². The average molecular weight is 286 g/mol. The highest BCUT2D eigenvalue weighted by Crippen LogP contribution is 2.21. The molecular weight excluding hydrogens is 266 g/mol. The first-order valence-corrected chi connectivity index (χ1v) is 6.80. The standard InChI is InChI=1S/C13H20ClN3O2/c1-5-7-9(6-2)16-11-10(12(18)19-4)8(3)15-13(14)17-11/h9H,5-7H2,1-4H3,(H,15,16,17)/t9-/m1/s1.